The van der Waals surface area contributed by atoms with E-state index in [1.54, 1.807) is 11.3 Å². The van der Waals surface area contributed by atoms with Crippen LogP contribution in [0, 0.1) is 0 Å². The summed E-state index contributed by atoms with van der Waals surface area (Å²) < 4.78 is 0. The minimum atomic E-state index is 0.260. The molecule has 0 aromatic carbocycles. The molecule has 13 heavy (non-hydrogen) atoms. The molecule has 1 atom stereocenters. The predicted molar refractivity (Wildman–Crippen MR) is 57.1 cm³/mol. The molecule has 1 aliphatic rings. The quantitative estimate of drug-likeness (QED) is 0.810. The molecule has 2 rings (SSSR count). The topological polar surface area (TPSA) is 51.8 Å². The zero-order chi connectivity index (χ0) is 9.31. The number of hydrogen-bond donors (Lipinski definition) is 1. The second kappa shape index (κ2) is 3.55. The van der Waals surface area contributed by atoms with Crippen LogP contribution in [0.3, 0.4) is 0 Å². The van der Waals surface area contributed by atoms with E-state index >= 15 is 0 Å². The molecule has 0 bridgehead atoms. The van der Waals surface area contributed by atoms with Gasteiger partial charge in [0.2, 0.25) is 0 Å². The predicted octanol–water partition coefficient (Wildman–Crippen LogP) is 1.39. The average Bonchev–Trinajstić information content (AvgIpc) is 2.72. The Hall–Kier alpha value is -0.130. The van der Waals surface area contributed by atoms with E-state index < -0.39 is 0 Å². The Kier molecular flexibility index (Phi) is 2.58. The second-order valence-corrected chi connectivity index (χ2v) is 5.74. The molecule has 1 aromatic rings. The van der Waals surface area contributed by atoms with Crippen LogP contribution in [0.1, 0.15) is 23.4 Å². The van der Waals surface area contributed by atoms with Crippen molar-refractivity contribution in [2.75, 3.05) is 11.5 Å². The van der Waals surface area contributed by atoms with Crippen molar-refractivity contribution in [1.82, 2.24) is 10.2 Å². The molecular formula is C8H13N3S2. The highest BCUT2D eigenvalue weighted by Crippen LogP contribution is 2.39. The molecule has 1 aromatic heterocycles. The molecule has 0 saturated carbocycles. The Morgan fingerprint density at radius 2 is 2.38 bits per heavy atom. The number of hydrogen-bond acceptors (Lipinski definition) is 5. The van der Waals surface area contributed by atoms with Gasteiger partial charge < -0.3 is 5.73 Å². The number of nitrogens with two attached hydrogens (primary N) is 1. The van der Waals surface area contributed by atoms with Crippen LogP contribution in [-0.4, -0.2) is 21.7 Å². The molecule has 72 valence electrons. The fraction of sp³-hybridized carbons (Fsp3) is 0.750. The maximum Gasteiger partial charge on any atom is 0.131 e. The Morgan fingerprint density at radius 1 is 1.54 bits per heavy atom. The van der Waals surface area contributed by atoms with Crippen molar-refractivity contribution < 1.29 is 0 Å². The van der Waals surface area contributed by atoms with Gasteiger partial charge in [0.25, 0.3) is 0 Å². The van der Waals surface area contributed by atoms with Gasteiger partial charge in [-0.1, -0.05) is 18.3 Å². The second-order valence-electron chi connectivity index (χ2n) is 3.57. The highest BCUT2D eigenvalue weighted by atomic mass is 32.2. The number of rotatable bonds is 2. The van der Waals surface area contributed by atoms with Gasteiger partial charge >= 0.3 is 0 Å². The Bertz CT molecular complexity index is 291. The fourth-order valence-electron chi connectivity index (χ4n) is 1.42. The summed E-state index contributed by atoms with van der Waals surface area (Å²) in [6.07, 6.45) is 1.22. The van der Waals surface area contributed by atoms with E-state index in [2.05, 4.69) is 17.1 Å². The Labute approximate surface area is 86.1 Å². The van der Waals surface area contributed by atoms with Crippen molar-refractivity contribution in [1.29, 1.82) is 0 Å². The first-order valence-corrected chi connectivity index (χ1v) is 6.32. The summed E-state index contributed by atoms with van der Waals surface area (Å²) >= 11 is 3.67. The molecule has 3 nitrogen and oxygen atoms in total. The van der Waals surface area contributed by atoms with Crippen molar-refractivity contribution in [3.8, 4) is 0 Å². The van der Waals surface area contributed by atoms with Crippen molar-refractivity contribution in [3.63, 3.8) is 0 Å². The van der Waals surface area contributed by atoms with E-state index in [-0.39, 0.29) is 5.41 Å². The molecule has 1 saturated heterocycles. The van der Waals surface area contributed by atoms with Gasteiger partial charge in [-0.2, -0.15) is 11.8 Å². The third kappa shape index (κ3) is 1.73. The number of aromatic nitrogens is 2. The monoisotopic (exact) mass is 215 g/mol. The third-order valence-corrected chi connectivity index (χ3v) is 4.96. The minimum absolute atomic E-state index is 0.260. The summed E-state index contributed by atoms with van der Waals surface area (Å²) in [5.41, 5.74) is 5.77. The maximum absolute atomic E-state index is 5.51. The smallest absolute Gasteiger partial charge is 0.131 e. The van der Waals surface area contributed by atoms with Crippen LogP contribution in [0.2, 0.25) is 0 Å². The van der Waals surface area contributed by atoms with Crippen LogP contribution >= 0.6 is 23.1 Å². The number of thioether (sulfide) groups is 1. The van der Waals surface area contributed by atoms with Gasteiger partial charge in [0.1, 0.15) is 10.0 Å². The van der Waals surface area contributed by atoms with E-state index in [9.17, 15) is 0 Å². The van der Waals surface area contributed by atoms with Gasteiger partial charge in [0, 0.05) is 17.7 Å². The molecule has 1 fully saturated rings. The summed E-state index contributed by atoms with van der Waals surface area (Å²) in [6, 6.07) is 0. The van der Waals surface area contributed by atoms with Crippen molar-refractivity contribution in [3.05, 3.63) is 10.0 Å². The lowest BCUT2D eigenvalue weighted by Gasteiger charge is -2.17. The summed E-state index contributed by atoms with van der Waals surface area (Å²) in [5.74, 6) is 2.42. The Morgan fingerprint density at radius 3 is 2.92 bits per heavy atom. The van der Waals surface area contributed by atoms with Gasteiger partial charge in [-0.3, -0.25) is 0 Å². The average molecular weight is 215 g/mol. The largest absolute Gasteiger partial charge is 0.324 e. The van der Waals surface area contributed by atoms with Crippen molar-refractivity contribution >= 4 is 23.1 Å². The molecule has 5 heteroatoms. The van der Waals surface area contributed by atoms with E-state index in [1.165, 1.54) is 17.9 Å². The highest BCUT2D eigenvalue weighted by Gasteiger charge is 2.34. The van der Waals surface area contributed by atoms with Gasteiger partial charge in [-0.15, -0.1) is 10.2 Å². The standard InChI is InChI=1S/C8H13N3S2/c1-8(2-3-12-5-8)7-11-10-6(4-9)13-7/h2-5,9H2,1H3. The fourth-order valence-corrected chi connectivity index (χ4v) is 3.87. The lowest BCUT2D eigenvalue weighted by molar-refractivity contribution is 0.531. The first kappa shape index (κ1) is 9.43. The van der Waals surface area contributed by atoms with Crippen LogP contribution in [0.5, 0.6) is 0 Å². The molecule has 1 unspecified atom stereocenters. The molecular weight excluding hydrogens is 202 g/mol. The van der Waals surface area contributed by atoms with E-state index in [1.807, 2.05) is 11.8 Å². The van der Waals surface area contributed by atoms with Crippen LogP contribution in [0.25, 0.3) is 0 Å². The van der Waals surface area contributed by atoms with Crippen molar-refractivity contribution in [2.24, 2.45) is 5.73 Å². The summed E-state index contributed by atoms with van der Waals surface area (Å²) in [7, 11) is 0. The summed E-state index contributed by atoms with van der Waals surface area (Å²) in [5, 5.41) is 10.4. The first-order valence-electron chi connectivity index (χ1n) is 4.35. The number of nitrogens with zero attached hydrogens (tertiary/aromatic N) is 2. The van der Waals surface area contributed by atoms with E-state index in [0.717, 1.165) is 10.0 Å². The molecule has 0 amide bonds. The van der Waals surface area contributed by atoms with Crippen molar-refractivity contribution in [2.45, 2.75) is 25.3 Å². The minimum Gasteiger partial charge on any atom is -0.324 e. The van der Waals surface area contributed by atoms with Crippen LogP contribution in [0.15, 0.2) is 0 Å². The Balaban J connectivity index is 2.23. The maximum atomic E-state index is 5.51. The summed E-state index contributed by atoms with van der Waals surface area (Å²) in [4.78, 5) is 0. The van der Waals surface area contributed by atoms with Crippen LogP contribution in [0.4, 0.5) is 0 Å². The first-order chi connectivity index (χ1) is 6.24. The highest BCUT2D eigenvalue weighted by molar-refractivity contribution is 7.99. The van der Waals surface area contributed by atoms with Crippen LogP contribution in [-0.2, 0) is 12.0 Å². The zero-order valence-corrected chi connectivity index (χ0v) is 9.25. The van der Waals surface area contributed by atoms with Gasteiger partial charge in [-0.25, -0.2) is 0 Å². The molecule has 2 heterocycles. The molecule has 0 radical (unpaired) electrons. The molecule has 0 aliphatic carbocycles. The van der Waals surface area contributed by atoms with Gasteiger partial charge in [-0.05, 0) is 12.2 Å². The lowest BCUT2D eigenvalue weighted by Crippen LogP contribution is -2.20. The van der Waals surface area contributed by atoms with Gasteiger partial charge in [0.05, 0.1) is 0 Å². The molecule has 0 spiro atoms. The third-order valence-electron chi connectivity index (χ3n) is 2.38. The van der Waals surface area contributed by atoms with Gasteiger partial charge in [0.15, 0.2) is 0 Å². The molecule has 1 aliphatic heterocycles. The van der Waals surface area contributed by atoms with Crippen LogP contribution < -0.4 is 5.73 Å². The normalized spacial score (nSPS) is 28.2. The molecule has 2 N–H and O–H groups in total. The SMILES string of the molecule is CC1(c2nnc(CN)s2)CCSC1. The zero-order valence-electron chi connectivity index (χ0n) is 7.62. The van der Waals surface area contributed by atoms with E-state index in [0.29, 0.717) is 6.54 Å². The van der Waals surface area contributed by atoms with E-state index in [4.69, 9.17) is 5.73 Å². The summed E-state index contributed by atoms with van der Waals surface area (Å²) in [6.45, 7) is 2.79. The lowest BCUT2D eigenvalue weighted by atomic mass is 9.91.